The van der Waals surface area contributed by atoms with Gasteiger partial charge in [0.15, 0.2) is 0 Å². The summed E-state index contributed by atoms with van der Waals surface area (Å²) >= 11 is 0. The van der Waals surface area contributed by atoms with Crippen LogP contribution in [0.15, 0.2) is 0 Å². The van der Waals surface area contributed by atoms with Crippen molar-refractivity contribution in [3.8, 4) is 0 Å². The molecule has 0 spiro atoms. The van der Waals surface area contributed by atoms with Gasteiger partial charge in [-0.15, -0.1) is 0 Å². The number of carbonyl (C=O) groups is 1. The van der Waals surface area contributed by atoms with E-state index in [0.29, 0.717) is 19.7 Å². The number of hydrogen-bond acceptors (Lipinski definition) is 4. The van der Waals surface area contributed by atoms with Gasteiger partial charge in [-0.3, -0.25) is 4.79 Å². The Kier molecular flexibility index (Phi) is 4.31. The molecule has 2 unspecified atom stereocenters. The highest BCUT2D eigenvalue weighted by Gasteiger charge is 2.28. The number of morpholine rings is 1. The molecule has 0 saturated carbocycles. The summed E-state index contributed by atoms with van der Waals surface area (Å²) in [4.78, 5) is 13.3. The van der Waals surface area contributed by atoms with Crippen molar-refractivity contribution >= 4 is 5.91 Å². The number of carbonyl (C=O) groups excluding carboxylic acids is 1. The molecule has 1 aliphatic heterocycles. The third kappa shape index (κ3) is 2.67. The van der Waals surface area contributed by atoms with Crippen LogP contribution in [0.25, 0.3) is 0 Å². The second-order valence-electron chi connectivity index (χ2n) is 3.56. The molecule has 0 aromatic heterocycles. The van der Waals surface area contributed by atoms with Gasteiger partial charge < -0.3 is 20.1 Å². The first kappa shape index (κ1) is 11.4. The summed E-state index contributed by atoms with van der Waals surface area (Å²) in [6.07, 6.45) is -0.230. The van der Waals surface area contributed by atoms with Crippen LogP contribution in [0.5, 0.6) is 0 Å². The fourth-order valence-electron chi connectivity index (χ4n) is 1.53. The van der Waals surface area contributed by atoms with E-state index >= 15 is 0 Å². The first-order chi connectivity index (χ1) is 6.69. The second kappa shape index (κ2) is 5.29. The van der Waals surface area contributed by atoms with Crippen LogP contribution in [0.3, 0.4) is 0 Å². The van der Waals surface area contributed by atoms with Gasteiger partial charge in [0.2, 0.25) is 5.91 Å². The van der Waals surface area contributed by atoms with Crippen molar-refractivity contribution in [2.24, 2.45) is 0 Å². The van der Waals surface area contributed by atoms with Crippen LogP contribution in [0.2, 0.25) is 0 Å². The SMILES string of the molecule is CNCC(=O)N1CC(CO)OCC1C. The molecule has 5 heteroatoms. The number of amides is 1. The van der Waals surface area contributed by atoms with E-state index in [0.717, 1.165) is 0 Å². The minimum absolute atomic E-state index is 0.0317. The Morgan fingerprint density at radius 3 is 3.00 bits per heavy atom. The summed E-state index contributed by atoms with van der Waals surface area (Å²) in [5.41, 5.74) is 0. The molecule has 1 aliphatic rings. The average molecular weight is 202 g/mol. The maximum absolute atomic E-state index is 11.6. The van der Waals surface area contributed by atoms with E-state index < -0.39 is 0 Å². The van der Waals surface area contributed by atoms with E-state index in [2.05, 4.69) is 5.32 Å². The largest absolute Gasteiger partial charge is 0.394 e. The van der Waals surface area contributed by atoms with E-state index in [4.69, 9.17) is 9.84 Å². The lowest BCUT2D eigenvalue weighted by atomic mass is 10.2. The maximum Gasteiger partial charge on any atom is 0.236 e. The van der Waals surface area contributed by atoms with Gasteiger partial charge in [-0.2, -0.15) is 0 Å². The summed E-state index contributed by atoms with van der Waals surface area (Å²) in [6.45, 7) is 3.23. The Hall–Kier alpha value is -0.650. The number of ether oxygens (including phenoxy) is 1. The number of nitrogens with zero attached hydrogens (tertiary/aromatic N) is 1. The quantitative estimate of drug-likeness (QED) is 0.604. The zero-order valence-corrected chi connectivity index (χ0v) is 8.69. The molecule has 1 rings (SSSR count). The van der Waals surface area contributed by atoms with Crippen LogP contribution in [0.1, 0.15) is 6.92 Å². The van der Waals surface area contributed by atoms with Gasteiger partial charge in [0.05, 0.1) is 31.9 Å². The fraction of sp³-hybridized carbons (Fsp3) is 0.889. The fourth-order valence-corrected chi connectivity index (χ4v) is 1.53. The van der Waals surface area contributed by atoms with Gasteiger partial charge in [-0.05, 0) is 14.0 Å². The number of aliphatic hydroxyl groups excluding tert-OH is 1. The molecule has 2 atom stereocenters. The van der Waals surface area contributed by atoms with Crippen LogP contribution < -0.4 is 5.32 Å². The Morgan fingerprint density at radius 1 is 1.71 bits per heavy atom. The molecular formula is C9H18N2O3. The van der Waals surface area contributed by atoms with Crippen molar-refractivity contribution in [3.63, 3.8) is 0 Å². The van der Waals surface area contributed by atoms with Gasteiger partial charge in [-0.1, -0.05) is 0 Å². The van der Waals surface area contributed by atoms with Crippen LogP contribution in [0, 0.1) is 0 Å². The molecule has 82 valence electrons. The van der Waals surface area contributed by atoms with Gasteiger partial charge in [-0.25, -0.2) is 0 Å². The van der Waals surface area contributed by atoms with Gasteiger partial charge in [0, 0.05) is 6.54 Å². The van der Waals surface area contributed by atoms with Gasteiger partial charge in [0.1, 0.15) is 0 Å². The molecule has 1 saturated heterocycles. The van der Waals surface area contributed by atoms with E-state index in [1.807, 2.05) is 6.92 Å². The van der Waals surface area contributed by atoms with Crippen LogP contribution in [0.4, 0.5) is 0 Å². The predicted molar refractivity (Wildman–Crippen MR) is 51.9 cm³/mol. The number of nitrogens with one attached hydrogen (secondary N) is 1. The van der Waals surface area contributed by atoms with Gasteiger partial charge in [0.25, 0.3) is 0 Å². The molecular weight excluding hydrogens is 184 g/mol. The maximum atomic E-state index is 11.6. The highest BCUT2D eigenvalue weighted by atomic mass is 16.5. The number of hydrogen-bond donors (Lipinski definition) is 2. The molecule has 5 nitrogen and oxygen atoms in total. The van der Waals surface area contributed by atoms with Crippen molar-refractivity contribution in [2.75, 3.05) is 33.4 Å². The van der Waals surface area contributed by atoms with E-state index in [1.165, 1.54) is 0 Å². The lowest BCUT2D eigenvalue weighted by Crippen LogP contribution is -2.53. The molecule has 0 aromatic carbocycles. The van der Waals surface area contributed by atoms with Crippen molar-refractivity contribution < 1.29 is 14.6 Å². The first-order valence-corrected chi connectivity index (χ1v) is 4.85. The molecule has 1 heterocycles. The predicted octanol–water partition coefficient (Wildman–Crippen LogP) is -1.19. The standard InChI is InChI=1S/C9H18N2O3/c1-7-6-14-8(5-12)4-11(7)9(13)3-10-2/h7-8,10,12H,3-6H2,1-2H3. The van der Waals surface area contributed by atoms with E-state index in [-0.39, 0.29) is 24.7 Å². The number of likely N-dealkylation sites (N-methyl/N-ethyl adjacent to an activating group) is 1. The average Bonchev–Trinajstić information content (AvgIpc) is 2.19. The topological polar surface area (TPSA) is 61.8 Å². The minimum atomic E-state index is -0.230. The summed E-state index contributed by atoms with van der Waals surface area (Å²) in [6, 6.07) is 0.0960. The Bertz CT molecular complexity index is 198. The Morgan fingerprint density at radius 2 is 2.43 bits per heavy atom. The lowest BCUT2D eigenvalue weighted by Gasteiger charge is -2.37. The summed E-state index contributed by atoms with van der Waals surface area (Å²) < 4.78 is 5.33. The van der Waals surface area contributed by atoms with Crippen molar-refractivity contribution in [1.29, 1.82) is 0 Å². The molecule has 0 aromatic rings. The monoisotopic (exact) mass is 202 g/mol. The van der Waals surface area contributed by atoms with E-state index in [1.54, 1.807) is 11.9 Å². The molecule has 2 N–H and O–H groups in total. The molecule has 0 aliphatic carbocycles. The summed E-state index contributed by atoms with van der Waals surface area (Å²) in [5, 5.41) is 11.8. The highest BCUT2D eigenvalue weighted by Crippen LogP contribution is 2.11. The number of rotatable bonds is 3. The Balaban J connectivity index is 2.51. The zero-order valence-electron chi connectivity index (χ0n) is 8.69. The molecule has 0 bridgehead atoms. The normalized spacial score (nSPS) is 27.8. The molecule has 14 heavy (non-hydrogen) atoms. The first-order valence-electron chi connectivity index (χ1n) is 4.85. The third-order valence-electron chi connectivity index (χ3n) is 2.36. The lowest BCUT2D eigenvalue weighted by molar-refractivity contribution is -0.145. The van der Waals surface area contributed by atoms with Crippen molar-refractivity contribution in [2.45, 2.75) is 19.1 Å². The highest BCUT2D eigenvalue weighted by molar-refractivity contribution is 5.78. The number of aliphatic hydroxyl groups is 1. The van der Waals surface area contributed by atoms with E-state index in [9.17, 15) is 4.79 Å². The van der Waals surface area contributed by atoms with Crippen LogP contribution >= 0.6 is 0 Å². The van der Waals surface area contributed by atoms with Crippen LogP contribution in [-0.4, -0.2) is 61.4 Å². The Labute approximate surface area is 84.0 Å². The summed E-state index contributed by atoms with van der Waals surface area (Å²) in [5.74, 6) is 0.0572. The van der Waals surface area contributed by atoms with Gasteiger partial charge >= 0.3 is 0 Å². The molecule has 1 fully saturated rings. The zero-order chi connectivity index (χ0) is 10.6. The van der Waals surface area contributed by atoms with Crippen LogP contribution in [-0.2, 0) is 9.53 Å². The smallest absolute Gasteiger partial charge is 0.236 e. The molecule has 1 amide bonds. The molecule has 0 radical (unpaired) electrons. The van der Waals surface area contributed by atoms with Crippen molar-refractivity contribution in [1.82, 2.24) is 10.2 Å². The third-order valence-corrected chi connectivity index (χ3v) is 2.36. The van der Waals surface area contributed by atoms with Crippen molar-refractivity contribution in [3.05, 3.63) is 0 Å². The second-order valence-corrected chi connectivity index (χ2v) is 3.56. The minimum Gasteiger partial charge on any atom is -0.394 e. The summed E-state index contributed by atoms with van der Waals surface area (Å²) in [7, 11) is 1.74.